The number of carbonyl (C=O) groups excluding carboxylic acids is 1. The maximum absolute atomic E-state index is 13.2. The van der Waals surface area contributed by atoms with Gasteiger partial charge >= 0.3 is 12.1 Å². The van der Waals surface area contributed by atoms with Crippen LogP contribution in [-0.2, 0) is 26.9 Å². The summed E-state index contributed by atoms with van der Waals surface area (Å²) >= 11 is 0. The molecule has 0 aliphatic carbocycles. The number of unbranched alkanes of at least 4 members (excludes halogenated alkanes) is 3. The molecule has 41 heavy (non-hydrogen) atoms. The molecule has 2 aliphatic heterocycles. The Labute approximate surface area is 239 Å². The monoisotopic (exact) mass is 579 g/mol. The van der Waals surface area contributed by atoms with Gasteiger partial charge in [0.05, 0.1) is 6.61 Å². The van der Waals surface area contributed by atoms with Crippen LogP contribution in [-0.4, -0.2) is 70.1 Å². The standard InChI is InChI=1S/C29H40F3N5O4/c1-28(2,3)41-26(38)20-39-18-6-4-5-7-19-40-23-10-8-21(9-11-23)22-14-16-36(17-15-22)25-13-12-24-33-34-27(29(30,31)32)37(24)35-25/h8-11,22H,4-7,12-20H2,1-3H3. The predicted molar refractivity (Wildman–Crippen MR) is 147 cm³/mol. The minimum absolute atomic E-state index is 0.0120. The molecular weight excluding hydrogens is 539 g/mol. The Kier molecular flexibility index (Phi) is 10.3. The number of benzene rings is 1. The minimum Gasteiger partial charge on any atom is -0.494 e. The number of fused-ring (bicyclic) bond motifs is 1. The molecular formula is C29H40F3N5O4. The third-order valence-corrected chi connectivity index (χ3v) is 7.05. The molecule has 4 rings (SSSR count). The van der Waals surface area contributed by atoms with Gasteiger partial charge in [0.25, 0.3) is 5.82 Å². The van der Waals surface area contributed by atoms with Crippen molar-refractivity contribution in [1.29, 1.82) is 0 Å². The van der Waals surface area contributed by atoms with Gasteiger partial charge in [-0.3, -0.25) is 0 Å². The van der Waals surface area contributed by atoms with Crippen molar-refractivity contribution >= 4 is 11.8 Å². The van der Waals surface area contributed by atoms with Crippen LogP contribution in [0.25, 0.3) is 0 Å². The van der Waals surface area contributed by atoms with Crippen LogP contribution in [0.3, 0.4) is 0 Å². The van der Waals surface area contributed by atoms with Gasteiger partial charge in [-0.15, -0.1) is 10.2 Å². The van der Waals surface area contributed by atoms with E-state index >= 15 is 0 Å². The quantitative estimate of drug-likeness (QED) is 0.254. The number of alkyl halides is 3. The van der Waals surface area contributed by atoms with E-state index in [-0.39, 0.29) is 18.4 Å². The Balaban J connectivity index is 1.11. The Hall–Kier alpha value is -3.15. The summed E-state index contributed by atoms with van der Waals surface area (Å²) in [6.07, 6.45) is 2.05. The van der Waals surface area contributed by atoms with Gasteiger partial charge < -0.3 is 19.1 Å². The zero-order chi connectivity index (χ0) is 29.5. The van der Waals surface area contributed by atoms with E-state index < -0.39 is 17.6 Å². The van der Waals surface area contributed by atoms with Crippen LogP contribution in [0.15, 0.2) is 29.4 Å². The molecule has 12 heteroatoms. The van der Waals surface area contributed by atoms with Gasteiger partial charge in [0.15, 0.2) is 5.82 Å². The van der Waals surface area contributed by atoms with Crippen LogP contribution >= 0.6 is 0 Å². The SMILES string of the molecule is CC(C)(C)OC(=O)COCCCCCCOc1ccc(C2CCN(C3=Nn4c(nnc4C(F)(F)F)CC3)CC2)cc1. The van der Waals surface area contributed by atoms with Gasteiger partial charge in [-0.25, -0.2) is 4.79 Å². The number of aryl methyl sites for hydroxylation is 1. The van der Waals surface area contributed by atoms with Gasteiger partial charge in [-0.05, 0) is 76.5 Å². The molecule has 0 bridgehead atoms. The van der Waals surface area contributed by atoms with Crippen molar-refractivity contribution in [3.63, 3.8) is 0 Å². The number of ether oxygens (including phenoxy) is 3. The number of aromatic nitrogens is 3. The average Bonchev–Trinajstić information content (AvgIpc) is 3.36. The summed E-state index contributed by atoms with van der Waals surface area (Å²) in [4.78, 5) is 13.7. The predicted octanol–water partition coefficient (Wildman–Crippen LogP) is 5.58. The van der Waals surface area contributed by atoms with E-state index in [1.165, 1.54) is 5.56 Å². The van der Waals surface area contributed by atoms with Crippen molar-refractivity contribution in [2.45, 2.75) is 89.8 Å². The minimum atomic E-state index is -4.58. The Morgan fingerprint density at radius 1 is 0.951 bits per heavy atom. The first-order chi connectivity index (χ1) is 19.5. The van der Waals surface area contributed by atoms with Gasteiger partial charge in [-0.1, -0.05) is 18.6 Å². The Morgan fingerprint density at radius 2 is 1.63 bits per heavy atom. The average molecular weight is 580 g/mol. The second kappa shape index (κ2) is 13.7. The van der Waals surface area contributed by atoms with Crippen LogP contribution in [0.5, 0.6) is 5.75 Å². The first kappa shape index (κ1) is 30.8. The molecule has 1 aromatic heterocycles. The van der Waals surface area contributed by atoms with Gasteiger partial charge in [0.1, 0.15) is 23.8 Å². The van der Waals surface area contributed by atoms with Crippen LogP contribution in [0, 0.1) is 0 Å². The summed E-state index contributed by atoms with van der Waals surface area (Å²) < 4.78 is 57.0. The lowest BCUT2D eigenvalue weighted by Gasteiger charge is -2.35. The summed E-state index contributed by atoms with van der Waals surface area (Å²) in [5.74, 6) is 0.740. The second-order valence-corrected chi connectivity index (χ2v) is 11.5. The first-order valence-corrected chi connectivity index (χ1v) is 14.4. The number of amidine groups is 1. The molecule has 2 aliphatic rings. The van der Waals surface area contributed by atoms with E-state index in [1.54, 1.807) is 0 Å². The van der Waals surface area contributed by atoms with Gasteiger partial charge in [0.2, 0.25) is 0 Å². The van der Waals surface area contributed by atoms with Crippen LogP contribution < -0.4 is 4.74 Å². The second-order valence-electron chi connectivity index (χ2n) is 11.5. The summed E-state index contributed by atoms with van der Waals surface area (Å²) in [6, 6.07) is 8.22. The van der Waals surface area contributed by atoms with Crippen LogP contribution in [0.1, 0.15) is 88.8 Å². The van der Waals surface area contributed by atoms with Gasteiger partial charge in [0, 0.05) is 32.5 Å². The number of hydrogen-bond donors (Lipinski definition) is 0. The summed E-state index contributed by atoms with van der Waals surface area (Å²) in [6.45, 7) is 8.15. The Morgan fingerprint density at radius 3 is 2.29 bits per heavy atom. The van der Waals surface area contributed by atoms with Crippen LogP contribution in [0.2, 0.25) is 0 Å². The van der Waals surface area contributed by atoms with Crippen molar-refractivity contribution in [3.05, 3.63) is 41.5 Å². The highest BCUT2D eigenvalue weighted by Gasteiger charge is 2.40. The molecule has 0 saturated carbocycles. The highest BCUT2D eigenvalue weighted by Crippen LogP contribution is 2.32. The summed E-state index contributed by atoms with van der Waals surface area (Å²) in [5, 5.41) is 11.2. The first-order valence-electron chi connectivity index (χ1n) is 14.4. The van der Waals surface area contributed by atoms with Crippen molar-refractivity contribution < 1.29 is 32.2 Å². The zero-order valence-corrected chi connectivity index (χ0v) is 24.1. The molecule has 0 radical (unpaired) electrons. The van der Waals surface area contributed by atoms with E-state index in [9.17, 15) is 18.0 Å². The largest absolute Gasteiger partial charge is 0.494 e. The molecule has 1 aromatic carbocycles. The number of likely N-dealkylation sites (tertiary alicyclic amines) is 1. The maximum Gasteiger partial charge on any atom is 0.453 e. The third-order valence-electron chi connectivity index (χ3n) is 7.05. The fourth-order valence-electron chi connectivity index (χ4n) is 5.04. The topological polar surface area (TPSA) is 91.1 Å². The fourth-order valence-corrected chi connectivity index (χ4v) is 5.04. The molecule has 3 heterocycles. The molecule has 2 aromatic rings. The smallest absolute Gasteiger partial charge is 0.453 e. The van der Waals surface area contributed by atoms with E-state index in [1.807, 2.05) is 32.9 Å². The molecule has 226 valence electrons. The van der Waals surface area contributed by atoms with Crippen molar-refractivity contribution in [3.8, 4) is 5.75 Å². The van der Waals surface area contributed by atoms with E-state index in [0.29, 0.717) is 37.8 Å². The van der Waals surface area contributed by atoms with Crippen LogP contribution in [0.4, 0.5) is 13.2 Å². The number of esters is 1. The van der Waals surface area contributed by atoms with Gasteiger partial charge in [-0.2, -0.15) is 22.9 Å². The lowest BCUT2D eigenvalue weighted by molar-refractivity contribution is -0.160. The number of nitrogens with zero attached hydrogens (tertiary/aromatic N) is 5. The van der Waals surface area contributed by atoms with Crippen molar-refractivity contribution in [2.24, 2.45) is 5.10 Å². The van der Waals surface area contributed by atoms with Crippen molar-refractivity contribution in [2.75, 3.05) is 32.9 Å². The van der Waals surface area contributed by atoms with E-state index in [2.05, 4.69) is 32.3 Å². The number of piperidine rings is 1. The molecule has 0 spiro atoms. The summed E-state index contributed by atoms with van der Waals surface area (Å²) in [5.41, 5.74) is 0.752. The maximum atomic E-state index is 13.2. The number of hydrogen-bond acceptors (Lipinski definition) is 8. The zero-order valence-electron chi connectivity index (χ0n) is 24.1. The molecule has 0 N–H and O–H groups in total. The number of halogens is 3. The normalized spacial score (nSPS) is 16.3. The van der Waals surface area contributed by atoms with Crippen molar-refractivity contribution in [1.82, 2.24) is 19.8 Å². The number of carbonyl (C=O) groups is 1. The van der Waals surface area contributed by atoms with E-state index in [4.69, 9.17) is 14.2 Å². The molecule has 9 nitrogen and oxygen atoms in total. The highest BCUT2D eigenvalue weighted by molar-refractivity contribution is 5.83. The Bertz CT molecular complexity index is 1170. The molecule has 1 saturated heterocycles. The summed E-state index contributed by atoms with van der Waals surface area (Å²) in [7, 11) is 0. The lowest BCUT2D eigenvalue weighted by Crippen LogP contribution is -2.40. The fraction of sp³-hybridized carbons (Fsp3) is 0.655. The highest BCUT2D eigenvalue weighted by atomic mass is 19.4. The molecule has 0 amide bonds. The molecule has 1 fully saturated rings. The van der Waals surface area contributed by atoms with E-state index in [0.717, 1.165) is 62.0 Å². The lowest BCUT2D eigenvalue weighted by atomic mass is 9.89. The molecule has 0 unspecified atom stereocenters. The molecule has 0 atom stereocenters. The third kappa shape index (κ3) is 9.17. The number of rotatable bonds is 11.